The molecular weight excluding hydrogens is 238 g/mol. The average Bonchev–Trinajstić information content (AvgIpc) is 2.53. The zero-order chi connectivity index (χ0) is 14.0. The van der Waals surface area contributed by atoms with E-state index in [2.05, 4.69) is 13.8 Å². The van der Waals surface area contributed by atoms with Crippen molar-refractivity contribution >= 4 is 5.91 Å². The lowest BCUT2D eigenvalue weighted by Gasteiger charge is -2.24. The average molecular weight is 261 g/mol. The molecule has 19 heavy (non-hydrogen) atoms. The molecule has 1 amide bonds. The van der Waals surface area contributed by atoms with Gasteiger partial charge in [-0.2, -0.15) is 0 Å². The smallest absolute Gasteiger partial charge is 0.254 e. The van der Waals surface area contributed by atoms with E-state index in [1.807, 2.05) is 4.90 Å². The van der Waals surface area contributed by atoms with Gasteiger partial charge in [0.2, 0.25) is 0 Å². The van der Waals surface area contributed by atoms with Crippen LogP contribution in [0, 0.1) is 12.3 Å². The highest BCUT2D eigenvalue weighted by Gasteiger charge is 2.26. The number of amides is 1. The van der Waals surface area contributed by atoms with Gasteiger partial charge in [0.05, 0.1) is 0 Å². The molecule has 1 heterocycles. The van der Waals surface area contributed by atoms with E-state index in [-0.39, 0.29) is 11.7 Å². The zero-order valence-electron chi connectivity index (χ0n) is 12.1. The van der Waals surface area contributed by atoms with Crippen LogP contribution in [0.5, 0.6) is 5.75 Å². The monoisotopic (exact) mass is 261 g/mol. The fraction of sp³-hybridized carbons (Fsp3) is 0.562. The Kier molecular flexibility index (Phi) is 3.83. The van der Waals surface area contributed by atoms with Gasteiger partial charge in [-0.25, -0.2) is 0 Å². The molecule has 3 heteroatoms. The van der Waals surface area contributed by atoms with Crippen LogP contribution in [0.2, 0.25) is 0 Å². The summed E-state index contributed by atoms with van der Waals surface area (Å²) in [4.78, 5) is 14.5. The molecule has 1 saturated heterocycles. The standard InChI is InChI=1S/C16H23NO2/c1-12-13(6-4-7-14(12)18)15(19)17-10-5-8-16(2,3)9-11-17/h4,6-7,18H,5,8-11H2,1-3H3. The minimum absolute atomic E-state index is 0.0473. The molecule has 104 valence electrons. The van der Waals surface area contributed by atoms with Crippen LogP contribution in [0.15, 0.2) is 18.2 Å². The molecule has 0 unspecified atom stereocenters. The molecule has 1 aliphatic rings. The van der Waals surface area contributed by atoms with Gasteiger partial charge in [0.15, 0.2) is 0 Å². The highest BCUT2D eigenvalue weighted by atomic mass is 16.3. The first-order chi connectivity index (χ1) is 8.91. The Morgan fingerprint density at radius 3 is 2.74 bits per heavy atom. The van der Waals surface area contributed by atoms with E-state index in [9.17, 15) is 9.90 Å². The molecular formula is C16H23NO2. The summed E-state index contributed by atoms with van der Waals surface area (Å²) in [7, 11) is 0. The van der Waals surface area contributed by atoms with E-state index in [1.54, 1.807) is 25.1 Å². The van der Waals surface area contributed by atoms with Crippen molar-refractivity contribution < 1.29 is 9.90 Å². The third-order valence-corrected chi connectivity index (χ3v) is 4.16. The van der Waals surface area contributed by atoms with E-state index in [0.29, 0.717) is 16.5 Å². The van der Waals surface area contributed by atoms with Crippen molar-refractivity contribution in [2.24, 2.45) is 5.41 Å². The third-order valence-electron chi connectivity index (χ3n) is 4.16. The second-order valence-electron chi connectivity index (χ2n) is 6.26. The van der Waals surface area contributed by atoms with E-state index in [1.165, 1.54) is 0 Å². The van der Waals surface area contributed by atoms with Gasteiger partial charge in [-0.15, -0.1) is 0 Å². The van der Waals surface area contributed by atoms with Crippen molar-refractivity contribution in [1.29, 1.82) is 0 Å². The number of aromatic hydroxyl groups is 1. The SMILES string of the molecule is Cc1c(O)cccc1C(=O)N1CCCC(C)(C)CC1. The normalized spacial score (nSPS) is 19.0. The molecule has 2 rings (SSSR count). The van der Waals surface area contributed by atoms with Crippen LogP contribution in [0.3, 0.4) is 0 Å². The zero-order valence-corrected chi connectivity index (χ0v) is 12.1. The van der Waals surface area contributed by atoms with Gasteiger partial charge in [-0.05, 0) is 43.7 Å². The van der Waals surface area contributed by atoms with Gasteiger partial charge in [0.25, 0.3) is 5.91 Å². The van der Waals surface area contributed by atoms with Gasteiger partial charge < -0.3 is 10.0 Å². The molecule has 1 aromatic rings. The van der Waals surface area contributed by atoms with Gasteiger partial charge in [-0.1, -0.05) is 19.9 Å². The van der Waals surface area contributed by atoms with Crippen molar-refractivity contribution in [1.82, 2.24) is 4.90 Å². The number of likely N-dealkylation sites (tertiary alicyclic amines) is 1. The number of hydrogen-bond donors (Lipinski definition) is 1. The first kappa shape index (κ1) is 13.9. The molecule has 1 fully saturated rings. The van der Waals surface area contributed by atoms with Gasteiger partial charge in [0.1, 0.15) is 5.75 Å². The summed E-state index contributed by atoms with van der Waals surface area (Å²) in [6, 6.07) is 5.16. The maximum Gasteiger partial charge on any atom is 0.254 e. The molecule has 1 aliphatic heterocycles. The molecule has 1 N–H and O–H groups in total. The number of nitrogens with zero attached hydrogens (tertiary/aromatic N) is 1. The Labute approximate surface area is 115 Å². The van der Waals surface area contributed by atoms with Gasteiger partial charge >= 0.3 is 0 Å². The number of phenols is 1. The Bertz CT molecular complexity index is 480. The summed E-state index contributed by atoms with van der Waals surface area (Å²) < 4.78 is 0. The quantitative estimate of drug-likeness (QED) is 0.842. The predicted octanol–water partition coefficient (Wildman–Crippen LogP) is 3.35. The molecule has 0 spiro atoms. The third kappa shape index (κ3) is 3.09. The Morgan fingerprint density at radius 1 is 1.26 bits per heavy atom. The van der Waals surface area contributed by atoms with Crippen LogP contribution in [-0.2, 0) is 0 Å². The highest BCUT2D eigenvalue weighted by molar-refractivity contribution is 5.96. The number of hydrogen-bond acceptors (Lipinski definition) is 2. The van der Waals surface area contributed by atoms with E-state index >= 15 is 0 Å². The van der Waals surface area contributed by atoms with Crippen LogP contribution >= 0.6 is 0 Å². The Hall–Kier alpha value is -1.51. The lowest BCUT2D eigenvalue weighted by molar-refractivity contribution is 0.0756. The first-order valence-corrected chi connectivity index (χ1v) is 6.98. The number of benzene rings is 1. The molecule has 1 aromatic carbocycles. The maximum absolute atomic E-state index is 12.6. The fourth-order valence-electron chi connectivity index (χ4n) is 2.65. The van der Waals surface area contributed by atoms with Crippen LogP contribution < -0.4 is 0 Å². The van der Waals surface area contributed by atoms with Crippen molar-refractivity contribution in [2.75, 3.05) is 13.1 Å². The number of carbonyl (C=O) groups is 1. The summed E-state index contributed by atoms with van der Waals surface area (Å²) in [5.41, 5.74) is 1.62. The first-order valence-electron chi connectivity index (χ1n) is 6.98. The van der Waals surface area contributed by atoms with Crippen molar-refractivity contribution in [2.45, 2.75) is 40.0 Å². The molecule has 3 nitrogen and oxygen atoms in total. The molecule has 0 atom stereocenters. The highest BCUT2D eigenvalue weighted by Crippen LogP contribution is 2.30. The summed E-state index contributed by atoms with van der Waals surface area (Å²) in [5.74, 6) is 0.243. The Morgan fingerprint density at radius 2 is 2.00 bits per heavy atom. The summed E-state index contributed by atoms with van der Waals surface area (Å²) in [5, 5.41) is 9.72. The van der Waals surface area contributed by atoms with Gasteiger partial charge in [-0.3, -0.25) is 4.79 Å². The number of carbonyl (C=O) groups excluding carboxylic acids is 1. The fourth-order valence-corrected chi connectivity index (χ4v) is 2.65. The maximum atomic E-state index is 12.6. The summed E-state index contributed by atoms with van der Waals surface area (Å²) in [6.45, 7) is 7.95. The van der Waals surface area contributed by atoms with Crippen molar-refractivity contribution in [3.63, 3.8) is 0 Å². The lowest BCUT2D eigenvalue weighted by Crippen LogP contribution is -2.32. The van der Waals surface area contributed by atoms with Crippen LogP contribution in [0.1, 0.15) is 49.0 Å². The lowest BCUT2D eigenvalue weighted by atomic mass is 9.85. The van der Waals surface area contributed by atoms with Crippen LogP contribution in [0.25, 0.3) is 0 Å². The summed E-state index contributed by atoms with van der Waals surface area (Å²) >= 11 is 0. The number of phenolic OH excluding ortho intramolecular Hbond substituents is 1. The minimum atomic E-state index is 0.0473. The molecule has 0 saturated carbocycles. The second kappa shape index (κ2) is 5.24. The van der Waals surface area contributed by atoms with E-state index in [0.717, 1.165) is 32.4 Å². The summed E-state index contributed by atoms with van der Waals surface area (Å²) in [6.07, 6.45) is 3.25. The largest absolute Gasteiger partial charge is 0.508 e. The van der Waals surface area contributed by atoms with Crippen LogP contribution in [-0.4, -0.2) is 29.0 Å². The molecule has 0 bridgehead atoms. The van der Waals surface area contributed by atoms with Crippen molar-refractivity contribution in [3.05, 3.63) is 29.3 Å². The topological polar surface area (TPSA) is 40.5 Å². The molecule has 0 aromatic heterocycles. The second-order valence-corrected chi connectivity index (χ2v) is 6.26. The van der Waals surface area contributed by atoms with E-state index in [4.69, 9.17) is 0 Å². The van der Waals surface area contributed by atoms with Crippen LogP contribution in [0.4, 0.5) is 0 Å². The number of rotatable bonds is 1. The molecule has 0 aliphatic carbocycles. The van der Waals surface area contributed by atoms with E-state index < -0.39 is 0 Å². The predicted molar refractivity (Wildman–Crippen MR) is 76.4 cm³/mol. The van der Waals surface area contributed by atoms with Crippen molar-refractivity contribution in [3.8, 4) is 5.75 Å². The minimum Gasteiger partial charge on any atom is -0.508 e. The van der Waals surface area contributed by atoms with Gasteiger partial charge in [0, 0.05) is 24.2 Å². The molecule has 0 radical (unpaired) electrons. The Balaban J connectivity index is 2.18.